The Kier molecular flexibility index (Phi) is 5.51. The lowest BCUT2D eigenvalue weighted by molar-refractivity contribution is -0.141. The van der Waals surface area contributed by atoms with E-state index in [4.69, 9.17) is 5.11 Å². The Morgan fingerprint density at radius 2 is 2.05 bits per heavy atom. The molecule has 0 heterocycles. The first kappa shape index (κ1) is 15.2. The van der Waals surface area contributed by atoms with Crippen molar-refractivity contribution in [1.29, 1.82) is 0 Å². The van der Waals surface area contributed by atoms with Gasteiger partial charge >= 0.3 is 5.97 Å². The second-order valence-electron chi connectivity index (χ2n) is 4.64. The highest BCUT2D eigenvalue weighted by Gasteiger charge is 2.19. The van der Waals surface area contributed by atoms with Crippen molar-refractivity contribution in [3.63, 3.8) is 0 Å². The number of nitrogens with one attached hydrogen (secondary N) is 2. The Balaban J connectivity index is 2.59. The second-order valence-corrected chi connectivity index (χ2v) is 4.64. The van der Waals surface area contributed by atoms with Gasteiger partial charge in [-0.3, -0.25) is 4.79 Å². The van der Waals surface area contributed by atoms with Crippen molar-refractivity contribution in [2.24, 2.45) is 0 Å². The molecule has 1 amide bonds. The smallest absolute Gasteiger partial charge is 0.327 e. The zero-order chi connectivity index (χ0) is 14.4. The molecule has 0 radical (unpaired) electrons. The molecule has 2 atom stereocenters. The van der Waals surface area contributed by atoms with E-state index in [9.17, 15) is 9.59 Å². The molecule has 5 nitrogen and oxygen atoms in total. The molecule has 0 aromatic heterocycles. The summed E-state index contributed by atoms with van der Waals surface area (Å²) < 4.78 is 0. The summed E-state index contributed by atoms with van der Waals surface area (Å²) in [6.45, 7) is 5.46. The van der Waals surface area contributed by atoms with Gasteiger partial charge in [-0.2, -0.15) is 0 Å². The summed E-state index contributed by atoms with van der Waals surface area (Å²) in [5, 5.41) is 14.5. The molecular weight excluding hydrogens is 244 g/mol. The Hall–Kier alpha value is -1.88. The van der Waals surface area contributed by atoms with Gasteiger partial charge in [-0.1, -0.05) is 29.8 Å². The number of rotatable bonds is 6. The summed E-state index contributed by atoms with van der Waals surface area (Å²) in [4.78, 5) is 21.9. The molecule has 1 rings (SSSR count). The number of carbonyl (C=O) groups is 2. The molecule has 1 aromatic carbocycles. The van der Waals surface area contributed by atoms with Crippen LogP contribution >= 0.6 is 0 Å². The molecule has 3 N–H and O–H groups in total. The lowest BCUT2D eigenvalue weighted by atomic mass is 10.1. The number of carbonyl (C=O) groups excluding carboxylic acids is 1. The van der Waals surface area contributed by atoms with E-state index in [-0.39, 0.29) is 18.5 Å². The number of benzene rings is 1. The molecule has 104 valence electrons. The second kappa shape index (κ2) is 6.89. The third kappa shape index (κ3) is 5.09. The first-order valence-electron chi connectivity index (χ1n) is 6.20. The molecule has 0 aliphatic rings. The van der Waals surface area contributed by atoms with Gasteiger partial charge < -0.3 is 15.7 Å². The fraction of sp³-hybridized carbons (Fsp3) is 0.429. The van der Waals surface area contributed by atoms with Gasteiger partial charge in [0, 0.05) is 19.5 Å². The molecule has 0 saturated carbocycles. The van der Waals surface area contributed by atoms with Gasteiger partial charge in [0.1, 0.15) is 6.04 Å². The first-order chi connectivity index (χ1) is 8.90. The van der Waals surface area contributed by atoms with E-state index >= 15 is 0 Å². The topological polar surface area (TPSA) is 78.4 Å². The van der Waals surface area contributed by atoms with Crippen LogP contribution in [-0.4, -0.2) is 29.6 Å². The maximum Gasteiger partial charge on any atom is 0.327 e. The van der Waals surface area contributed by atoms with Crippen molar-refractivity contribution in [2.45, 2.75) is 32.9 Å². The maximum atomic E-state index is 11.0. The van der Waals surface area contributed by atoms with E-state index in [1.165, 1.54) is 6.92 Å². The molecule has 1 unspecified atom stereocenters. The number of aliphatic carboxylic acids is 1. The zero-order valence-corrected chi connectivity index (χ0v) is 11.4. The van der Waals surface area contributed by atoms with E-state index < -0.39 is 12.0 Å². The van der Waals surface area contributed by atoms with Gasteiger partial charge in [0.05, 0.1) is 0 Å². The van der Waals surface area contributed by atoms with Gasteiger partial charge in [0.15, 0.2) is 0 Å². The Morgan fingerprint density at radius 3 is 2.58 bits per heavy atom. The van der Waals surface area contributed by atoms with Crippen molar-refractivity contribution in [3.8, 4) is 0 Å². The number of carboxylic acid groups (broad SMARTS) is 1. The minimum absolute atomic E-state index is 0.0236. The zero-order valence-electron chi connectivity index (χ0n) is 11.4. The highest BCUT2D eigenvalue weighted by atomic mass is 16.4. The van der Waals surface area contributed by atoms with Gasteiger partial charge in [-0.15, -0.1) is 0 Å². The van der Waals surface area contributed by atoms with Crippen LogP contribution in [-0.2, 0) is 9.59 Å². The van der Waals surface area contributed by atoms with Crippen LogP contribution in [0.3, 0.4) is 0 Å². The van der Waals surface area contributed by atoms with E-state index in [0.717, 1.165) is 11.1 Å². The lowest BCUT2D eigenvalue weighted by Gasteiger charge is -2.19. The molecule has 0 bridgehead atoms. The van der Waals surface area contributed by atoms with Crippen molar-refractivity contribution < 1.29 is 14.7 Å². The largest absolute Gasteiger partial charge is 0.480 e. The Morgan fingerprint density at radius 1 is 1.37 bits per heavy atom. The van der Waals surface area contributed by atoms with Gasteiger partial charge in [-0.05, 0) is 19.4 Å². The summed E-state index contributed by atoms with van der Waals surface area (Å²) in [5.41, 5.74) is 2.25. The molecule has 0 spiro atoms. The summed E-state index contributed by atoms with van der Waals surface area (Å²) in [6.07, 6.45) is 0. The van der Waals surface area contributed by atoms with Crippen LogP contribution in [0.5, 0.6) is 0 Å². The van der Waals surface area contributed by atoms with Crippen molar-refractivity contribution in [1.82, 2.24) is 10.6 Å². The molecule has 1 aromatic rings. The van der Waals surface area contributed by atoms with Crippen LogP contribution in [0.25, 0.3) is 0 Å². The van der Waals surface area contributed by atoms with Crippen molar-refractivity contribution in [2.75, 3.05) is 6.54 Å². The van der Waals surface area contributed by atoms with Gasteiger partial charge in [0.25, 0.3) is 0 Å². The number of hydrogen-bond acceptors (Lipinski definition) is 3. The number of carboxylic acids is 1. The Bertz CT molecular complexity index is 460. The van der Waals surface area contributed by atoms with Crippen molar-refractivity contribution >= 4 is 11.9 Å². The molecule has 0 fully saturated rings. The van der Waals surface area contributed by atoms with Crippen LogP contribution < -0.4 is 10.6 Å². The lowest BCUT2D eigenvalue weighted by Crippen LogP contribution is -2.46. The molecule has 0 aliphatic carbocycles. The minimum atomic E-state index is -1.04. The maximum absolute atomic E-state index is 11.0. The quantitative estimate of drug-likeness (QED) is 0.722. The summed E-state index contributed by atoms with van der Waals surface area (Å²) in [7, 11) is 0. The van der Waals surface area contributed by atoms with E-state index in [1.807, 2.05) is 38.1 Å². The predicted octanol–water partition coefficient (Wildman–Crippen LogP) is 1.23. The SMILES string of the molecule is CC(=O)NC(CN[C@H](C)c1cccc(C)c1)C(=O)O. The summed E-state index contributed by atoms with van der Waals surface area (Å²) >= 11 is 0. The van der Waals surface area contributed by atoms with Crippen LogP contribution in [0.4, 0.5) is 0 Å². The molecule has 5 heteroatoms. The van der Waals surface area contributed by atoms with E-state index in [0.29, 0.717) is 0 Å². The number of amides is 1. The average molecular weight is 264 g/mol. The van der Waals surface area contributed by atoms with Crippen molar-refractivity contribution in [3.05, 3.63) is 35.4 Å². The molecular formula is C14H20N2O3. The van der Waals surface area contributed by atoms with E-state index in [1.54, 1.807) is 0 Å². The minimum Gasteiger partial charge on any atom is -0.480 e. The Labute approximate surface area is 113 Å². The third-order valence-corrected chi connectivity index (χ3v) is 2.85. The van der Waals surface area contributed by atoms with Crippen LogP contribution in [0, 0.1) is 6.92 Å². The molecule has 0 saturated heterocycles. The monoisotopic (exact) mass is 264 g/mol. The average Bonchev–Trinajstić information content (AvgIpc) is 2.33. The van der Waals surface area contributed by atoms with Gasteiger partial charge in [-0.25, -0.2) is 4.79 Å². The van der Waals surface area contributed by atoms with Gasteiger partial charge in [0.2, 0.25) is 5.91 Å². The number of hydrogen-bond donors (Lipinski definition) is 3. The van der Waals surface area contributed by atoms with E-state index in [2.05, 4.69) is 10.6 Å². The van der Waals surface area contributed by atoms with Crippen LogP contribution in [0.2, 0.25) is 0 Å². The normalized spacial score (nSPS) is 13.6. The highest BCUT2D eigenvalue weighted by Crippen LogP contribution is 2.13. The number of aryl methyl sites for hydroxylation is 1. The fourth-order valence-corrected chi connectivity index (χ4v) is 1.80. The third-order valence-electron chi connectivity index (χ3n) is 2.85. The van der Waals surface area contributed by atoms with Crippen LogP contribution in [0.15, 0.2) is 24.3 Å². The molecule has 19 heavy (non-hydrogen) atoms. The van der Waals surface area contributed by atoms with Crippen LogP contribution in [0.1, 0.15) is 31.0 Å². The summed E-state index contributed by atoms with van der Waals surface area (Å²) in [6, 6.07) is 7.11. The predicted molar refractivity (Wildman–Crippen MR) is 72.8 cm³/mol. The summed E-state index contributed by atoms with van der Waals surface area (Å²) in [5.74, 6) is -1.39. The standard InChI is InChI=1S/C14H20N2O3/c1-9-5-4-6-12(7-9)10(2)15-8-13(14(18)19)16-11(3)17/h4-7,10,13,15H,8H2,1-3H3,(H,16,17)(H,18,19)/t10-,13?/m1/s1. The fourth-order valence-electron chi connectivity index (χ4n) is 1.80. The first-order valence-corrected chi connectivity index (χ1v) is 6.20. The highest BCUT2D eigenvalue weighted by molar-refractivity contribution is 5.82. The molecule has 0 aliphatic heterocycles.